The quantitative estimate of drug-likeness (QED) is 0.685. The third-order valence-electron chi connectivity index (χ3n) is 3.67. The molecule has 0 amide bonds. The number of hydrogen-bond donors (Lipinski definition) is 2. The van der Waals surface area contributed by atoms with Gasteiger partial charge in [-0.3, -0.25) is 0 Å². The number of halogens is 1. The van der Waals surface area contributed by atoms with E-state index in [1.54, 1.807) is 17.8 Å². The van der Waals surface area contributed by atoms with E-state index in [0.717, 1.165) is 31.8 Å². The fraction of sp³-hybridized carbons (Fsp3) is 0.118. The molecular formula is C17H14ClNO2S. The summed E-state index contributed by atoms with van der Waals surface area (Å²) in [7, 11) is 0. The minimum absolute atomic E-state index is 0.210. The molecule has 0 atom stereocenters. The summed E-state index contributed by atoms with van der Waals surface area (Å²) in [5.74, 6) is -0.948. The van der Waals surface area contributed by atoms with Crippen LogP contribution in [0.2, 0.25) is 5.02 Å². The molecule has 22 heavy (non-hydrogen) atoms. The second kappa shape index (κ2) is 5.71. The van der Waals surface area contributed by atoms with Crippen LogP contribution in [0.5, 0.6) is 0 Å². The number of rotatable bonds is 3. The van der Waals surface area contributed by atoms with E-state index in [2.05, 4.69) is 11.1 Å². The first-order chi connectivity index (χ1) is 10.5. The highest BCUT2D eigenvalue weighted by molar-refractivity contribution is 7.99. The Kier molecular flexibility index (Phi) is 3.89. The molecule has 0 bridgehead atoms. The van der Waals surface area contributed by atoms with Crippen LogP contribution in [0.1, 0.15) is 21.6 Å². The molecule has 2 N–H and O–H groups in total. The van der Waals surface area contributed by atoms with Gasteiger partial charge in [-0.05, 0) is 61.4 Å². The number of aromatic nitrogens is 1. The standard InChI is InChI=1S/C17H14ClNO2S/c1-9-7-15(22-12-5-3-11(18)4-6-12)13-8-14(17(20)21)19-16(13)10(9)2/h3-8,19H,1-2H3,(H,20,21). The van der Waals surface area contributed by atoms with Crippen molar-refractivity contribution in [3.8, 4) is 0 Å². The Balaban J connectivity index is 2.14. The van der Waals surface area contributed by atoms with Gasteiger partial charge in [0.05, 0.1) is 5.52 Å². The van der Waals surface area contributed by atoms with Gasteiger partial charge in [-0.1, -0.05) is 23.4 Å². The Morgan fingerprint density at radius 2 is 1.86 bits per heavy atom. The largest absolute Gasteiger partial charge is 0.477 e. The molecule has 0 unspecified atom stereocenters. The summed E-state index contributed by atoms with van der Waals surface area (Å²) in [5.41, 5.74) is 3.29. The molecular weight excluding hydrogens is 318 g/mol. The number of fused-ring (bicyclic) bond motifs is 1. The van der Waals surface area contributed by atoms with Crippen LogP contribution >= 0.6 is 23.4 Å². The van der Waals surface area contributed by atoms with Crippen LogP contribution in [0.4, 0.5) is 0 Å². The highest BCUT2D eigenvalue weighted by atomic mass is 35.5. The Bertz CT molecular complexity index is 868. The van der Waals surface area contributed by atoms with Gasteiger partial charge < -0.3 is 10.1 Å². The summed E-state index contributed by atoms with van der Waals surface area (Å²) in [5, 5.41) is 10.8. The molecule has 1 heterocycles. The zero-order valence-corrected chi connectivity index (χ0v) is 13.7. The normalized spacial score (nSPS) is 11.0. The fourth-order valence-corrected chi connectivity index (χ4v) is 3.51. The summed E-state index contributed by atoms with van der Waals surface area (Å²) in [6, 6.07) is 11.4. The van der Waals surface area contributed by atoms with E-state index in [4.69, 9.17) is 11.6 Å². The molecule has 0 aliphatic rings. The highest BCUT2D eigenvalue weighted by Crippen LogP contribution is 2.37. The summed E-state index contributed by atoms with van der Waals surface area (Å²) < 4.78 is 0. The maximum absolute atomic E-state index is 11.2. The van der Waals surface area contributed by atoms with Crippen molar-refractivity contribution in [2.24, 2.45) is 0 Å². The summed E-state index contributed by atoms with van der Waals surface area (Å²) >= 11 is 7.52. The molecule has 0 spiro atoms. The van der Waals surface area contributed by atoms with Crippen LogP contribution < -0.4 is 0 Å². The van der Waals surface area contributed by atoms with Crippen molar-refractivity contribution in [2.75, 3.05) is 0 Å². The van der Waals surface area contributed by atoms with Gasteiger partial charge in [-0.15, -0.1) is 0 Å². The van der Waals surface area contributed by atoms with E-state index in [0.29, 0.717) is 5.02 Å². The minimum Gasteiger partial charge on any atom is -0.477 e. The van der Waals surface area contributed by atoms with Gasteiger partial charge in [0.15, 0.2) is 0 Å². The Morgan fingerprint density at radius 1 is 1.18 bits per heavy atom. The van der Waals surface area contributed by atoms with Crippen molar-refractivity contribution in [1.82, 2.24) is 4.98 Å². The molecule has 3 aromatic rings. The van der Waals surface area contributed by atoms with Gasteiger partial charge in [0.25, 0.3) is 0 Å². The molecule has 0 saturated heterocycles. The molecule has 0 aliphatic carbocycles. The SMILES string of the molecule is Cc1cc(Sc2ccc(Cl)cc2)c2cc(C(=O)O)[nH]c2c1C. The van der Waals surface area contributed by atoms with Crippen molar-refractivity contribution in [3.05, 3.63) is 58.2 Å². The molecule has 3 nitrogen and oxygen atoms in total. The zero-order valence-electron chi connectivity index (χ0n) is 12.1. The lowest BCUT2D eigenvalue weighted by molar-refractivity contribution is 0.0691. The first kappa shape index (κ1) is 15.0. The van der Waals surface area contributed by atoms with E-state index < -0.39 is 5.97 Å². The van der Waals surface area contributed by atoms with E-state index in [-0.39, 0.29) is 5.69 Å². The van der Waals surface area contributed by atoms with Crippen LogP contribution in [0, 0.1) is 13.8 Å². The number of hydrogen-bond acceptors (Lipinski definition) is 2. The second-order valence-corrected chi connectivity index (χ2v) is 6.70. The molecule has 3 rings (SSSR count). The number of aromatic carboxylic acids is 1. The van der Waals surface area contributed by atoms with Crippen molar-refractivity contribution >= 4 is 40.2 Å². The zero-order chi connectivity index (χ0) is 15.9. The van der Waals surface area contributed by atoms with Gasteiger partial charge in [0.2, 0.25) is 0 Å². The van der Waals surface area contributed by atoms with E-state index >= 15 is 0 Å². The number of carboxylic acids is 1. The maximum atomic E-state index is 11.2. The molecule has 5 heteroatoms. The fourth-order valence-electron chi connectivity index (χ4n) is 2.35. The average molecular weight is 332 g/mol. The lowest BCUT2D eigenvalue weighted by Crippen LogP contribution is -1.95. The number of nitrogens with one attached hydrogen (secondary N) is 1. The topological polar surface area (TPSA) is 53.1 Å². The van der Waals surface area contributed by atoms with Crippen molar-refractivity contribution in [2.45, 2.75) is 23.6 Å². The summed E-state index contributed by atoms with van der Waals surface area (Å²) in [4.78, 5) is 16.3. The average Bonchev–Trinajstić information content (AvgIpc) is 2.93. The maximum Gasteiger partial charge on any atom is 0.352 e. The lowest BCUT2D eigenvalue weighted by atomic mass is 10.1. The van der Waals surface area contributed by atoms with Crippen LogP contribution in [0.25, 0.3) is 10.9 Å². The molecule has 0 aliphatic heterocycles. The Labute approximate surface area is 137 Å². The monoisotopic (exact) mass is 331 g/mol. The van der Waals surface area contributed by atoms with Crippen LogP contribution in [0.3, 0.4) is 0 Å². The third-order valence-corrected chi connectivity index (χ3v) is 4.99. The molecule has 0 radical (unpaired) electrons. The summed E-state index contributed by atoms with van der Waals surface area (Å²) in [6.45, 7) is 4.03. The van der Waals surface area contributed by atoms with Gasteiger partial charge in [-0.2, -0.15) is 0 Å². The number of aryl methyl sites for hydroxylation is 2. The lowest BCUT2D eigenvalue weighted by Gasteiger charge is -2.08. The Hall–Kier alpha value is -1.91. The van der Waals surface area contributed by atoms with Crippen molar-refractivity contribution < 1.29 is 9.90 Å². The number of benzene rings is 2. The number of H-pyrrole nitrogens is 1. The van der Waals surface area contributed by atoms with E-state index in [1.807, 2.05) is 38.1 Å². The predicted octanol–water partition coefficient (Wildman–Crippen LogP) is 5.29. The first-order valence-electron chi connectivity index (χ1n) is 6.75. The van der Waals surface area contributed by atoms with Crippen LogP contribution in [-0.4, -0.2) is 16.1 Å². The van der Waals surface area contributed by atoms with E-state index in [1.165, 1.54) is 0 Å². The molecule has 1 aromatic heterocycles. The van der Waals surface area contributed by atoms with Gasteiger partial charge in [-0.25, -0.2) is 4.79 Å². The second-order valence-electron chi connectivity index (χ2n) is 5.15. The molecule has 2 aromatic carbocycles. The van der Waals surface area contributed by atoms with Gasteiger partial charge in [0, 0.05) is 20.2 Å². The van der Waals surface area contributed by atoms with Gasteiger partial charge in [0.1, 0.15) is 5.69 Å². The molecule has 0 fully saturated rings. The third kappa shape index (κ3) is 2.72. The minimum atomic E-state index is -0.948. The van der Waals surface area contributed by atoms with Crippen LogP contribution in [-0.2, 0) is 0 Å². The first-order valence-corrected chi connectivity index (χ1v) is 7.95. The number of carboxylic acid groups (broad SMARTS) is 1. The number of aromatic amines is 1. The predicted molar refractivity (Wildman–Crippen MR) is 90.3 cm³/mol. The van der Waals surface area contributed by atoms with Crippen molar-refractivity contribution in [1.29, 1.82) is 0 Å². The highest BCUT2D eigenvalue weighted by Gasteiger charge is 2.14. The summed E-state index contributed by atoms with van der Waals surface area (Å²) in [6.07, 6.45) is 0. The Morgan fingerprint density at radius 3 is 2.50 bits per heavy atom. The molecule has 112 valence electrons. The van der Waals surface area contributed by atoms with E-state index in [9.17, 15) is 9.90 Å². The molecule has 0 saturated carbocycles. The number of carbonyl (C=O) groups is 1. The smallest absolute Gasteiger partial charge is 0.352 e. The van der Waals surface area contributed by atoms with Gasteiger partial charge >= 0.3 is 5.97 Å². The van der Waals surface area contributed by atoms with Crippen LogP contribution in [0.15, 0.2) is 46.2 Å². The van der Waals surface area contributed by atoms with Crippen molar-refractivity contribution in [3.63, 3.8) is 0 Å².